The van der Waals surface area contributed by atoms with E-state index in [9.17, 15) is 19.5 Å². The van der Waals surface area contributed by atoms with Crippen LogP contribution < -0.4 is 11.0 Å². The maximum atomic E-state index is 12.6. The van der Waals surface area contributed by atoms with E-state index < -0.39 is 11.6 Å². The van der Waals surface area contributed by atoms with Gasteiger partial charge in [-0.15, -0.1) is 0 Å². The lowest BCUT2D eigenvalue weighted by atomic mass is 10.1. The first kappa shape index (κ1) is 19.4. The van der Waals surface area contributed by atoms with Crippen LogP contribution in [0.5, 0.6) is 0 Å². The number of ether oxygens (including phenoxy) is 1. The van der Waals surface area contributed by atoms with Crippen molar-refractivity contribution in [3.8, 4) is 0 Å². The Morgan fingerprint density at radius 3 is 2.62 bits per heavy atom. The van der Waals surface area contributed by atoms with Crippen LogP contribution in [0.15, 0.2) is 23.3 Å². The topological polar surface area (TPSA) is 111 Å². The smallest absolute Gasteiger partial charge is 0.338 e. The van der Waals surface area contributed by atoms with Crippen LogP contribution in [0.1, 0.15) is 49.7 Å². The maximum Gasteiger partial charge on any atom is 0.338 e. The number of carboxylic acids is 1. The first-order valence-corrected chi connectivity index (χ1v) is 8.30. The fourth-order valence-electron chi connectivity index (χ4n) is 2.64. The van der Waals surface area contributed by atoms with Gasteiger partial charge in [-0.3, -0.25) is 14.6 Å². The maximum absolute atomic E-state index is 12.6. The fourth-order valence-corrected chi connectivity index (χ4v) is 2.64. The van der Waals surface area contributed by atoms with Crippen LogP contribution in [0, 0.1) is 6.92 Å². The van der Waals surface area contributed by atoms with Crippen LogP contribution in [0.2, 0.25) is 0 Å². The number of hydrogen-bond acceptors (Lipinski definition) is 6. The Bertz CT molecular complexity index is 896. The molecule has 140 valence electrons. The Morgan fingerprint density at radius 1 is 1.31 bits per heavy atom. The predicted molar refractivity (Wildman–Crippen MR) is 97.0 cm³/mol. The monoisotopic (exact) mass is 361 g/mol. The largest absolute Gasteiger partial charge is 0.478 e. The second kappa shape index (κ2) is 7.55. The van der Waals surface area contributed by atoms with Crippen molar-refractivity contribution in [3.63, 3.8) is 0 Å². The van der Waals surface area contributed by atoms with Crippen molar-refractivity contribution in [2.45, 2.75) is 46.1 Å². The third kappa shape index (κ3) is 4.38. The van der Waals surface area contributed by atoms with E-state index in [4.69, 9.17) is 4.74 Å². The average Bonchev–Trinajstić information content (AvgIpc) is 2.52. The molecule has 0 aliphatic heterocycles. The highest BCUT2D eigenvalue weighted by Gasteiger charge is 2.19. The normalized spacial score (nSPS) is 11.4. The molecule has 0 saturated carbocycles. The van der Waals surface area contributed by atoms with Gasteiger partial charge in [0.15, 0.2) is 0 Å². The molecule has 0 radical (unpaired) electrons. The minimum Gasteiger partial charge on any atom is -0.478 e. The van der Waals surface area contributed by atoms with E-state index in [2.05, 4.69) is 10.4 Å². The molecular weight excluding hydrogens is 338 g/mol. The number of fused-ring (bicyclic) bond motifs is 1. The molecule has 0 aliphatic rings. The van der Waals surface area contributed by atoms with Crippen molar-refractivity contribution in [2.24, 2.45) is 0 Å². The fraction of sp³-hybridized carbons (Fsp3) is 0.444. The number of aromatic nitrogens is 2. The molecule has 0 spiro atoms. The molecule has 8 heteroatoms. The van der Waals surface area contributed by atoms with E-state index in [0.29, 0.717) is 18.4 Å². The highest BCUT2D eigenvalue weighted by molar-refractivity contribution is 6.03. The van der Waals surface area contributed by atoms with Gasteiger partial charge >= 0.3 is 11.9 Å². The zero-order valence-electron chi connectivity index (χ0n) is 15.3. The number of aromatic carboxylic acids is 1. The van der Waals surface area contributed by atoms with Crippen molar-refractivity contribution in [3.05, 3.63) is 40.1 Å². The van der Waals surface area contributed by atoms with E-state index in [1.54, 1.807) is 27.7 Å². The van der Waals surface area contributed by atoms with Crippen molar-refractivity contribution in [1.29, 1.82) is 0 Å². The molecule has 0 aromatic carbocycles. The van der Waals surface area contributed by atoms with Gasteiger partial charge in [-0.05, 0) is 40.2 Å². The standard InChI is InChI=1S/C18H23N3O5/c1-11-15(17(24)25)13-10-19-9-7-12(13)16(23)21(11)20-8-5-6-14(22)26-18(2,3)4/h7,9-10,20H,5-6,8H2,1-4H3,(H,24,25). The Labute approximate surface area is 150 Å². The van der Waals surface area contributed by atoms with Crippen LogP contribution in [0.3, 0.4) is 0 Å². The Morgan fingerprint density at radius 2 is 2.00 bits per heavy atom. The minimum atomic E-state index is -1.13. The van der Waals surface area contributed by atoms with Crippen LogP contribution in [-0.4, -0.2) is 38.9 Å². The zero-order valence-corrected chi connectivity index (χ0v) is 15.3. The molecule has 0 fully saturated rings. The second-order valence-electron chi connectivity index (χ2n) is 6.93. The third-order valence-electron chi connectivity index (χ3n) is 3.68. The second-order valence-corrected chi connectivity index (χ2v) is 6.93. The van der Waals surface area contributed by atoms with Crippen molar-refractivity contribution >= 4 is 22.7 Å². The van der Waals surface area contributed by atoms with E-state index >= 15 is 0 Å². The summed E-state index contributed by atoms with van der Waals surface area (Å²) < 4.78 is 6.43. The van der Waals surface area contributed by atoms with Gasteiger partial charge in [0.25, 0.3) is 5.56 Å². The molecule has 0 amide bonds. The van der Waals surface area contributed by atoms with Crippen LogP contribution in [0.4, 0.5) is 0 Å². The quantitative estimate of drug-likeness (QED) is 0.598. The van der Waals surface area contributed by atoms with Gasteiger partial charge in [0, 0.05) is 30.7 Å². The van der Waals surface area contributed by atoms with Gasteiger partial charge in [0.1, 0.15) is 5.60 Å². The first-order valence-electron chi connectivity index (χ1n) is 8.30. The number of esters is 1. The summed E-state index contributed by atoms with van der Waals surface area (Å²) >= 11 is 0. The number of nitrogens with zero attached hydrogens (tertiary/aromatic N) is 2. The number of pyridine rings is 2. The van der Waals surface area contributed by atoms with Crippen molar-refractivity contribution < 1.29 is 19.4 Å². The lowest BCUT2D eigenvalue weighted by molar-refractivity contribution is -0.154. The molecule has 8 nitrogen and oxygen atoms in total. The summed E-state index contributed by atoms with van der Waals surface area (Å²) in [4.78, 5) is 39.9. The van der Waals surface area contributed by atoms with E-state index in [0.717, 1.165) is 0 Å². The summed E-state index contributed by atoms with van der Waals surface area (Å²) in [5.41, 5.74) is 2.30. The highest BCUT2D eigenvalue weighted by atomic mass is 16.6. The van der Waals surface area contributed by atoms with Crippen LogP contribution in [-0.2, 0) is 9.53 Å². The molecule has 0 aliphatic carbocycles. The van der Waals surface area contributed by atoms with Gasteiger partial charge < -0.3 is 15.3 Å². The zero-order chi connectivity index (χ0) is 19.5. The molecule has 2 N–H and O–H groups in total. The summed E-state index contributed by atoms with van der Waals surface area (Å²) in [6.07, 6.45) is 3.45. The average molecular weight is 361 g/mol. The van der Waals surface area contributed by atoms with Crippen molar-refractivity contribution in [2.75, 3.05) is 12.0 Å². The van der Waals surface area contributed by atoms with Gasteiger partial charge in [-0.1, -0.05) is 0 Å². The van der Waals surface area contributed by atoms with Crippen LogP contribution in [0.25, 0.3) is 10.8 Å². The number of hydrogen-bond donors (Lipinski definition) is 2. The number of carboxylic acid groups (broad SMARTS) is 1. The van der Waals surface area contributed by atoms with Gasteiger partial charge in [-0.2, -0.15) is 0 Å². The third-order valence-corrected chi connectivity index (χ3v) is 3.68. The molecule has 2 heterocycles. The molecule has 2 aromatic rings. The van der Waals surface area contributed by atoms with Crippen LogP contribution >= 0.6 is 0 Å². The number of carbonyl (C=O) groups excluding carboxylic acids is 1. The van der Waals surface area contributed by atoms with Gasteiger partial charge in [-0.25, -0.2) is 9.47 Å². The van der Waals surface area contributed by atoms with Gasteiger partial charge in [0.05, 0.1) is 16.6 Å². The summed E-state index contributed by atoms with van der Waals surface area (Å²) in [5, 5.41) is 10.1. The minimum absolute atomic E-state index is 0.0207. The summed E-state index contributed by atoms with van der Waals surface area (Å²) in [7, 11) is 0. The first-order chi connectivity index (χ1) is 12.1. The number of rotatable bonds is 6. The molecule has 0 atom stereocenters. The molecular formula is C18H23N3O5. The SMILES string of the molecule is Cc1c(C(=O)O)c2cnccc2c(=O)n1NCCCC(=O)OC(C)(C)C. The lowest BCUT2D eigenvalue weighted by Gasteiger charge is -2.20. The Hall–Kier alpha value is -2.90. The summed E-state index contributed by atoms with van der Waals surface area (Å²) in [6, 6.07) is 1.49. The molecule has 0 bridgehead atoms. The van der Waals surface area contributed by atoms with Crippen molar-refractivity contribution in [1.82, 2.24) is 9.66 Å². The number of nitrogens with one attached hydrogen (secondary N) is 1. The molecule has 26 heavy (non-hydrogen) atoms. The Balaban J connectivity index is 2.19. The van der Waals surface area contributed by atoms with E-state index in [1.807, 2.05) is 0 Å². The highest BCUT2D eigenvalue weighted by Crippen LogP contribution is 2.18. The number of carbonyl (C=O) groups is 2. The molecule has 0 saturated heterocycles. The molecule has 0 unspecified atom stereocenters. The van der Waals surface area contributed by atoms with Gasteiger partial charge in [0.2, 0.25) is 0 Å². The summed E-state index contributed by atoms with van der Waals surface area (Å²) in [6.45, 7) is 7.25. The summed E-state index contributed by atoms with van der Waals surface area (Å²) in [5.74, 6) is -1.45. The molecule has 2 aromatic heterocycles. The predicted octanol–water partition coefficient (Wildman–Crippen LogP) is 2.07. The molecule has 2 rings (SSSR count). The van der Waals surface area contributed by atoms with E-state index in [1.165, 1.54) is 23.1 Å². The van der Waals surface area contributed by atoms with E-state index in [-0.39, 0.29) is 34.6 Å². The lowest BCUT2D eigenvalue weighted by Crippen LogP contribution is -2.33. The Kier molecular flexibility index (Phi) is 5.64.